The molecule has 3 fully saturated rings. The highest BCUT2D eigenvalue weighted by molar-refractivity contribution is 7.91. The number of rotatable bonds is 7. The molecule has 2 saturated carbocycles. The number of allylic oxidation sites excluding steroid dienone is 1. The van der Waals surface area contributed by atoms with Crippen LogP contribution in [0.15, 0.2) is 30.4 Å². The van der Waals surface area contributed by atoms with Gasteiger partial charge in [0.05, 0.1) is 22.3 Å². The molecule has 4 N–H and O–H groups in total. The van der Waals surface area contributed by atoms with Crippen molar-refractivity contribution in [2.75, 3.05) is 6.54 Å². The molecule has 0 spiro atoms. The van der Waals surface area contributed by atoms with Crippen LogP contribution < -0.4 is 20.1 Å². The number of hydrogen-bond donors (Lipinski definition) is 4. The van der Waals surface area contributed by atoms with Crippen LogP contribution in [0.4, 0.5) is 18.0 Å². The average molecular weight is 737 g/mol. The molecule has 18 heteroatoms. The summed E-state index contributed by atoms with van der Waals surface area (Å²) in [6.07, 6.45) is 3.93. The summed E-state index contributed by atoms with van der Waals surface area (Å²) in [4.78, 5) is 62.6. The molecule has 2 aromatic rings. The van der Waals surface area contributed by atoms with Gasteiger partial charge in [-0.05, 0) is 57.6 Å². The number of carbonyl (C=O) groups is 4. The van der Waals surface area contributed by atoms with Crippen LogP contribution in [0.2, 0.25) is 0 Å². The Bertz CT molecular complexity index is 1900. The Morgan fingerprint density at radius 1 is 1.14 bits per heavy atom. The summed E-state index contributed by atoms with van der Waals surface area (Å²) in [6.45, 7) is 1.72. The van der Waals surface area contributed by atoms with Gasteiger partial charge >= 0.3 is 6.09 Å². The Morgan fingerprint density at radius 3 is 2.57 bits per heavy atom. The zero-order chi connectivity index (χ0) is 36.9. The Morgan fingerprint density at radius 2 is 1.88 bits per heavy atom. The maximum Gasteiger partial charge on any atom is 0.405 e. The van der Waals surface area contributed by atoms with E-state index in [4.69, 9.17) is 4.74 Å². The lowest BCUT2D eigenvalue weighted by Gasteiger charge is -2.29. The molecule has 4 aliphatic rings. The van der Waals surface area contributed by atoms with Crippen molar-refractivity contribution in [2.24, 2.45) is 5.92 Å². The number of sulfonamides is 1. The molecular formula is C33H39F3N6O8S. The van der Waals surface area contributed by atoms with E-state index in [2.05, 4.69) is 25.3 Å². The number of nitrogens with zero attached hydrogens (tertiary/aromatic N) is 3. The van der Waals surface area contributed by atoms with Crippen molar-refractivity contribution < 1.29 is 50.6 Å². The van der Waals surface area contributed by atoms with Crippen LogP contribution in [0, 0.1) is 11.7 Å². The largest absolute Gasteiger partial charge is 0.471 e. The lowest BCUT2D eigenvalue weighted by atomic mass is 10.1. The molecule has 51 heavy (non-hydrogen) atoms. The monoisotopic (exact) mass is 736 g/mol. The summed E-state index contributed by atoms with van der Waals surface area (Å²) in [6, 6.07) is 0.544. The van der Waals surface area contributed by atoms with E-state index in [0.717, 1.165) is 17.0 Å². The third kappa shape index (κ3) is 7.46. The zero-order valence-corrected chi connectivity index (χ0v) is 28.8. The van der Waals surface area contributed by atoms with Crippen LogP contribution in [0.3, 0.4) is 0 Å². The summed E-state index contributed by atoms with van der Waals surface area (Å²) in [5, 5.41) is 14.4. The minimum Gasteiger partial charge on any atom is -0.471 e. The van der Waals surface area contributed by atoms with Crippen LogP contribution in [0.1, 0.15) is 77.3 Å². The van der Waals surface area contributed by atoms with E-state index in [1.165, 1.54) is 13.0 Å². The number of benzene rings is 1. The second-order valence-electron chi connectivity index (χ2n) is 14.1. The molecule has 2 aliphatic heterocycles. The smallest absolute Gasteiger partial charge is 0.405 e. The summed E-state index contributed by atoms with van der Waals surface area (Å²) in [5.41, 5.74) is -2.63. The van der Waals surface area contributed by atoms with Gasteiger partial charge in [0, 0.05) is 25.3 Å². The Balaban J connectivity index is 1.34. The van der Waals surface area contributed by atoms with Crippen LogP contribution in [0.5, 0.6) is 5.88 Å². The molecule has 1 aromatic heterocycles. The highest BCUT2D eigenvalue weighted by Crippen LogP contribution is 2.47. The summed E-state index contributed by atoms with van der Waals surface area (Å²) in [7, 11) is -4.07. The molecule has 1 saturated heterocycles. The van der Waals surface area contributed by atoms with E-state index in [1.54, 1.807) is 6.08 Å². The fraction of sp³-hybridized carbons (Fsp3) is 0.576. The van der Waals surface area contributed by atoms with Gasteiger partial charge < -0.3 is 25.4 Å². The van der Waals surface area contributed by atoms with Crippen LogP contribution >= 0.6 is 0 Å². The standard InChI is InChI=1S/C33H39F3N6O8S/c1-31(12-13-31)51(48,49)41-29(45)33-16-18(33)8-6-4-3-5-7-9-22(39-30(46)47)28(44)42-17-20(15-24(42)26(43)40-33)50-27-25(32(2,35)36)37-21-11-10-19(34)14-23(21)38-27/h6,8,10-11,14,18,20,22,24,39H,3-5,7,9,12-13,15-17H2,1-2H3,(H,40,43)(H,41,45)(H,46,47)/t18-,20-,22+,24+,33-/m1/s1. The molecule has 2 aliphatic carbocycles. The zero-order valence-electron chi connectivity index (χ0n) is 28.0. The van der Waals surface area contributed by atoms with E-state index in [-0.39, 0.29) is 36.8 Å². The number of nitrogens with one attached hydrogen (secondary N) is 3. The molecule has 0 unspecified atom stereocenters. The van der Waals surface area contributed by atoms with Crippen molar-refractivity contribution in [1.29, 1.82) is 0 Å². The van der Waals surface area contributed by atoms with E-state index >= 15 is 0 Å². The van der Waals surface area contributed by atoms with Crippen molar-refractivity contribution in [2.45, 2.75) is 106 Å². The van der Waals surface area contributed by atoms with Gasteiger partial charge in [0.25, 0.3) is 11.8 Å². The SMILES string of the molecule is CC(F)(F)c1nc2ccc(F)cc2nc1O[C@@H]1C[C@H]2C(=O)N[C@]3(C(=O)NS(=O)(=O)C4(C)CC4)C[C@H]3C=CCCCCC[C@H](NC(=O)O)C(=O)N2C1. The van der Waals surface area contributed by atoms with Crippen LogP contribution in [-0.4, -0.2) is 87.2 Å². The number of fused-ring (bicyclic) bond motifs is 3. The van der Waals surface area contributed by atoms with Crippen molar-refractivity contribution in [3.05, 3.63) is 41.9 Å². The predicted octanol–water partition coefficient (Wildman–Crippen LogP) is 3.26. The third-order valence-electron chi connectivity index (χ3n) is 10.1. The second-order valence-corrected chi connectivity index (χ2v) is 16.3. The number of halogens is 3. The summed E-state index contributed by atoms with van der Waals surface area (Å²) >= 11 is 0. The molecule has 0 bridgehead atoms. The average Bonchev–Trinajstić information content (AvgIpc) is 3.92. The number of aromatic nitrogens is 2. The normalized spacial score (nSPS) is 28.1. The maximum absolute atomic E-state index is 14.8. The number of ether oxygens (including phenoxy) is 1. The number of alkyl halides is 2. The Kier molecular flexibility index (Phi) is 9.43. The highest BCUT2D eigenvalue weighted by atomic mass is 32.2. The van der Waals surface area contributed by atoms with Gasteiger partial charge in [-0.25, -0.2) is 27.6 Å². The van der Waals surface area contributed by atoms with Crippen molar-refractivity contribution >= 4 is 44.9 Å². The number of amides is 4. The minimum absolute atomic E-state index is 0.0224. The fourth-order valence-electron chi connectivity index (χ4n) is 6.63. The molecule has 5 atom stereocenters. The lowest BCUT2D eigenvalue weighted by molar-refractivity contribution is -0.141. The molecule has 6 rings (SSSR count). The molecule has 14 nitrogen and oxygen atoms in total. The van der Waals surface area contributed by atoms with E-state index in [9.17, 15) is 45.9 Å². The molecule has 0 radical (unpaired) electrons. The molecular weight excluding hydrogens is 697 g/mol. The minimum atomic E-state index is -4.07. The van der Waals surface area contributed by atoms with Crippen molar-refractivity contribution in [3.8, 4) is 5.88 Å². The first-order valence-corrected chi connectivity index (χ1v) is 18.3. The molecule has 276 valence electrons. The van der Waals surface area contributed by atoms with Crippen LogP contribution in [0.25, 0.3) is 11.0 Å². The number of carbonyl (C=O) groups excluding carboxylic acids is 3. The quantitative estimate of drug-likeness (QED) is 0.306. The molecule has 1 aromatic carbocycles. The first-order chi connectivity index (χ1) is 23.9. The maximum atomic E-state index is 14.8. The van der Waals surface area contributed by atoms with Gasteiger partial charge in [-0.2, -0.15) is 8.78 Å². The predicted molar refractivity (Wildman–Crippen MR) is 174 cm³/mol. The Labute approximate surface area is 291 Å². The van der Waals surface area contributed by atoms with Gasteiger partial charge in [0.2, 0.25) is 27.7 Å². The van der Waals surface area contributed by atoms with Gasteiger partial charge in [-0.3, -0.25) is 19.1 Å². The lowest BCUT2D eigenvalue weighted by Crippen LogP contribution is -2.58. The third-order valence-corrected chi connectivity index (χ3v) is 12.2. The topological polar surface area (TPSA) is 197 Å². The van der Waals surface area contributed by atoms with Crippen LogP contribution in [-0.2, 0) is 30.3 Å². The van der Waals surface area contributed by atoms with E-state index in [1.807, 2.05) is 6.08 Å². The summed E-state index contributed by atoms with van der Waals surface area (Å²) < 4.78 is 76.5. The van der Waals surface area contributed by atoms with Gasteiger partial charge in [-0.1, -0.05) is 25.0 Å². The van der Waals surface area contributed by atoms with Gasteiger partial charge in [0.1, 0.15) is 29.5 Å². The van der Waals surface area contributed by atoms with Gasteiger partial charge in [-0.15, -0.1) is 0 Å². The number of carboxylic acid groups (broad SMARTS) is 1. The van der Waals surface area contributed by atoms with Gasteiger partial charge in [0.15, 0.2) is 5.69 Å². The molecule has 3 heterocycles. The van der Waals surface area contributed by atoms with E-state index in [0.29, 0.717) is 45.4 Å². The Hall–Kier alpha value is -4.48. The van der Waals surface area contributed by atoms with Crippen molar-refractivity contribution in [1.82, 2.24) is 30.2 Å². The number of hydrogen-bond acceptors (Lipinski definition) is 9. The van der Waals surface area contributed by atoms with E-state index < -0.39 is 91.5 Å². The highest BCUT2D eigenvalue weighted by Gasteiger charge is 2.63. The van der Waals surface area contributed by atoms with Crippen molar-refractivity contribution in [3.63, 3.8) is 0 Å². The first kappa shape index (κ1) is 36.3. The fourth-order valence-corrected chi connectivity index (χ4v) is 7.94. The summed E-state index contributed by atoms with van der Waals surface area (Å²) in [5.74, 6) is -8.03. The first-order valence-electron chi connectivity index (χ1n) is 16.8. The second kappa shape index (κ2) is 13.2. The molecule has 4 amide bonds.